The van der Waals surface area contributed by atoms with E-state index in [0.29, 0.717) is 17.7 Å². The summed E-state index contributed by atoms with van der Waals surface area (Å²) >= 11 is 0. The number of nitrogens with one attached hydrogen (secondary N) is 1. The fourth-order valence-electron chi connectivity index (χ4n) is 3.39. The third-order valence-electron chi connectivity index (χ3n) is 5.28. The topological polar surface area (TPSA) is 84.9 Å². The van der Waals surface area contributed by atoms with E-state index in [1.54, 1.807) is 13.0 Å². The second-order valence-corrected chi connectivity index (χ2v) is 9.54. The van der Waals surface area contributed by atoms with Gasteiger partial charge < -0.3 is 14.8 Å². The number of carbonyl (C=O) groups is 1. The molecule has 0 aromatic heterocycles. The molecule has 34 heavy (non-hydrogen) atoms. The van der Waals surface area contributed by atoms with E-state index in [4.69, 9.17) is 9.47 Å². The van der Waals surface area contributed by atoms with Crippen molar-refractivity contribution in [3.05, 3.63) is 83.7 Å². The Morgan fingerprint density at radius 3 is 2.35 bits per heavy atom. The van der Waals surface area contributed by atoms with E-state index in [-0.39, 0.29) is 22.9 Å². The van der Waals surface area contributed by atoms with Crippen LogP contribution in [0.1, 0.15) is 11.1 Å². The molecule has 0 aliphatic rings. The predicted octanol–water partition coefficient (Wildman–Crippen LogP) is 4.02. The summed E-state index contributed by atoms with van der Waals surface area (Å²) in [6, 6.07) is 17.7. The molecule has 9 heteroatoms. The lowest BCUT2D eigenvalue weighted by Gasteiger charge is -2.23. The molecule has 0 spiro atoms. The first kappa shape index (κ1) is 25.2. The van der Waals surface area contributed by atoms with Crippen molar-refractivity contribution in [3.8, 4) is 11.5 Å². The van der Waals surface area contributed by atoms with E-state index < -0.39 is 28.3 Å². The zero-order chi connectivity index (χ0) is 24.7. The van der Waals surface area contributed by atoms with E-state index >= 15 is 0 Å². The van der Waals surface area contributed by atoms with Crippen molar-refractivity contribution < 1.29 is 27.1 Å². The van der Waals surface area contributed by atoms with Gasteiger partial charge in [-0.25, -0.2) is 12.8 Å². The quantitative estimate of drug-likeness (QED) is 0.468. The van der Waals surface area contributed by atoms with Crippen LogP contribution in [0.5, 0.6) is 11.5 Å². The summed E-state index contributed by atoms with van der Waals surface area (Å²) in [6.07, 6.45) is 0.402. The van der Waals surface area contributed by atoms with Crippen LogP contribution in [0.3, 0.4) is 0 Å². The highest BCUT2D eigenvalue weighted by atomic mass is 32.2. The highest BCUT2D eigenvalue weighted by Gasteiger charge is 2.28. The molecular formula is C25H27FN2O5S. The molecule has 0 atom stereocenters. The van der Waals surface area contributed by atoms with Gasteiger partial charge in [0.2, 0.25) is 15.9 Å². The number of hydrogen-bond acceptors (Lipinski definition) is 5. The summed E-state index contributed by atoms with van der Waals surface area (Å²) in [4.78, 5) is 12.8. The smallest absolute Gasteiger partial charge is 0.243 e. The van der Waals surface area contributed by atoms with Crippen LogP contribution < -0.4 is 14.8 Å². The highest BCUT2D eigenvalue weighted by Crippen LogP contribution is 2.30. The van der Waals surface area contributed by atoms with Crippen molar-refractivity contribution in [2.24, 2.45) is 0 Å². The van der Waals surface area contributed by atoms with Crippen LogP contribution in [-0.4, -0.2) is 45.9 Å². The van der Waals surface area contributed by atoms with Crippen molar-refractivity contribution in [1.82, 2.24) is 4.31 Å². The minimum atomic E-state index is -4.07. The van der Waals surface area contributed by atoms with E-state index in [9.17, 15) is 17.6 Å². The lowest BCUT2D eigenvalue weighted by atomic mass is 10.1. The summed E-state index contributed by atoms with van der Waals surface area (Å²) in [7, 11) is -1.20. The van der Waals surface area contributed by atoms with Crippen LogP contribution in [0.25, 0.3) is 0 Å². The summed E-state index contributed by atoms with van der Waals surface area (Å²) < 4.78 is 52.2. The SMILES string of the molecule is COc1ccc(S(=O)(=O)N(CCc2ccccc2)CC(=O)Nc2cc(F)ccc2C)cc1OC. The standard InChI is InChI=1S/C25H27FN2O5S/c1-18-9-10-20(26)15-22(18)27-25(29)17-28(14-13-19-7-5-4-6-8-19)34(30,31)21-11-12-23(32-2)24(16-21)33-3/h4-12,15-16H,13-14,17H2,1-3H3,(H,27,29). The van der Waals surface area contributed by atoms with Gasteiger partial charge >= 0.3 is 0 Å². The largest absolute Gasteiger partial charge is 0.493 e. The Bertz CT molecular complexity index is 1250. The molecule has 0 unspecified atom stereocenters. The number of benzene rings is 3. The second-order valence-electron chi connectivity index (χ2n) is 7.60. The highest BCUT2D eigenvalue weighted by molar-refractivity contribution is 7.89. The first-order chi connectivity index (χ1) is 16.2. The number of nitrogens with zero attached hydrogens (tertiary/aromatic N) is 1. The van der Waals surface area contributed by atoms with Crippen LogP contribution in [0.4, 0.5) is 10.1 Å². The predicted molar refractivity (Wildman–Crippen MR) is 128 cm³/mol. The fraction of sp³-hybridized carbons (Fsp3) is 0.240. The van der Waals surface area contributed by atoms with Crippen LogP contribution in [0.2, 0.25) is 0 Å². The average molecular weight is 487 g/mol. The lowest BCUT2D eigenvalue weighted by Crippen LogP contribution is -2.39. The number of carbonyl (C=O) groups excluding carboxylic acids is 1. The first-order valence-electron chi connectivity index (χ1n) is 10.6. The third-order valence-corrected chi connectivity index (χ3v) is 7.12. The summed E-state index contributed by atoms with van der Waals surface area (Å²) in [5.41, 5.74) is 1.88. The number of methoxy groups -OCH3 is 2. The van der Waals surface area contributed by atoms with Gasteiger partial charge in [0, 0.05) is 18.3 Å². The Hall–Kier alpha value is -3.43. The number of hydrogen-bond donors (Lipinski definition) is 1. The van der Waals surface area contributed by atoms with Crippen LogP contribution in [-0.2, 0) is 21.2 Å². The summed E-state index contributed by atoms with van der Waals surface area (Å²) in [5, 5.41) is 2.61. The molecule has 0 aliphatic heterocycles. The van der Waals surface area contributed by atoms with Crippen molar-refractivity contribution in [2.75, 3.05) is 32.6 Å². The molecule has 3 aromatic carbocycles. The van der Waals surface area contributed by atoms with Gasteiger partial charge in [0.15, 0.2) is 11.5 Å². The Morgan fingerprint density at radius 2 is 1.68 bits per heavy atom. The van der Waals surface area contributed by atoms with Gasteiger partial charge in [-0.2, -0.15) is 4.31 Å². The van der Waals surface area contributed by atoms with Crippen molar-refractivity contribution in [2.45, 2.75) is 18.2 Å². The Labute approximate surface area is 199 Å². The Morgan fingerprint density at radius 1 is 0.971 bits per heavy atom. The Kier molecular flexibility index (Phi) is 8.25. The number of aryl methyl sites for hydroxylation is 1. The molecule has 0 fully saturated rings. The molecular weight excluding hydrogens is 459 g/mol. The molecule has 1 N–H and O–H groups in total. The van der Waals surface area contributed by atoms with Crippen LogP contribution in [0, 0.1) is 12.7 Å². The molecule has 0 saturated heterocycles. The maximum Gasteiger partial charge on any atom is 0.243 e. The number of sulfonamides is 1. The molecule has 0 aliphatic carbocycles. The average Bonchev–Trinajstić information content (AvgIpc) is 2.84. The van der Waals surface area contributed by atoms with Gasteiger partial charge in [0.1, 0.15) is 5.82 Å². The maximum absolute atomic E-state index is 13.6. The van der Waals surface area contributed by atoms with Gasteiger partial charge in [-0.3, -0.25) is 4.79 Å². The van der Waals surface area contributed by atoms with Crippen molar-refractivity contribution in [1.29, 1.82) is 0 Å². The van der Waals surface area contributed by atoms with Gasteiger partial charge in [-0.05, 0) is 48.7 Å². The maximum atomic E-state index is 13.6. The van der Waals surface area contributed by atoms with Crippen LogP contribution >= 0.6 is 0 Å². The molecule has 0 saturated carbocycles. The third kappa shape index (κ3) is 6.12. The second kappa shape index (κ2) is 11.1. The monoisotopic (exact) mass is 486 g/mol. The molecule has 3 rings (SSSR count). The molecule has 1 amide bonds. The number of rotatable bonds is 10. The number of amides is 1. The summed E-state index contributed by atoms with van der Waals surface area (Å²) in [5.74, 6) is -0.436. The minimum Gasteiger partial charge on any atom is -0.493 e. The van der Waals surface area contributed by atoms with Crippen molar-refractivity contribution >= 4 is 21.6 Å². The molecule has 0 radical (unpaired) electrons. The molecule has 180 valence electrons. The molecule has 3 aromatic rings. The molecule has 0 bridgehead atoms. The molecule has 0 heterocycles. The zero-order valence-electron chi connectivity index (χ0n) is 19.2. The Balaban J connectivity index is 1.89. The lowest BCUT2D eigenvalue weighted by molar-refractivity contribution is -0.116. The molecule has 7 nitrogen and oxygen atoms in total. The van der Waals surface area contributed by atoms with E-state index in [0.717, 1.165) is 9.87 Å². The minimum absolute atomic E-state index is 0.0343. The zero-order valence-corrected chi connectivity index (χ0v) is 20.1. The van der Waals surface area contributed by atoms with Crippen LogP contribution in [0.15, 0.2) is 71.6 Å². The number of halogens is 1. The van der Waals surface area contributed by atoms with Gasteiger partial charge in [0.25, 0.3) is 0 Å². The van der Waals surface area contributed by atoms with Gasteiger partial charge in [-0.1, -0.05) is 36.4 Å². The summed E-state index contributed by atoms with van der Waals surface area (Å²) in [6.45, 7) is 1.35. The normalized spacial score (nSPS) is 11.3. The fourth-order valence-corrected chi connectivity index (χ4v) is 4.80. The van der Waals surface area contributed by atoms with Gasteiger partial charge in [-0.15, -0.1) is 0 Å². The van der Waals surface area contributed by atoms with E-state index in [1.165, 1.54) is 44.6 Å². The van der Waals surface area contributed by atoms with E-state index in [2.05, 4.69) is 5.32 Å². The van der Waals surface area contributed by atoms with Crippen molar-refractivity contribution in [3.63, 3.8) is 0 Å². The number of anilines is 1. The number of ether oxygens (including phenoxy) is 2. The first-order valence-corrected chi connectivity index (χ1v) is 12.0. The van der Waals surface area contributed by atoms with E-state index in [1.807, 2.05) is 30.3 Å². The van der Waals surface area contributed by atoms with Gasteiger partial charge in [0.05, 0.1) is 25.7 Å².